The standard InChI is InChI=1S/C28H51NO6S/c1-3-5-6-7-8-9-10-11-12-13-14-15-16-17-18-19-20-25(36(33)22-26(29)30)28(32)34-21-24-23(4-2)27(31)35-24/h23-25H,3-22H2,1-2H3,(H2,29,30)/t23-,24+,25?,36-/m0/s1. The van der Waals surface area contributed by atoms with Crippen LogP contribution in [0.15, 0.2) is 0 Å². The molecular formula is C28H51NO6S. The minimum atomic E-state index is -1.71. The van der Waals surface area contributed by atoms with Crippen molar-refractivity contribution in [3.05, 3.63) is 0 Å². The Morgan fingerprint density at radius 2 is 1.33 bits per heavy atom. The van der Waals surface area contributed by atoms with Crippen LogP contribution in [-0.2, 0) is 34.7 Å². The van der Waals surface area contributed by atoms with Crippen molar-refractivity contribution in [2.75, 3.05) is 12.4 Å². The summed E-state index contributed by atoms with van der Waals surface area (Å²) >= 11 is 0. The van der Waals surface area contributed by atoms with Gasteiger partial charge >= 0.3 is 11.9 Å². The summed E-state index contributed by atoms with van der Waals surface area (Å²) in [6.07, 6.45) is 20.7. The van der Waals surface area contributed by atoms with Crippen molar-refractivity contribution < 1.29 is 28.1 Å². The maximum Gasteiger partial charge on any atom is 0.321 e. The molecule has 7 nitrogen and oxygen atoms in total. The second-order valence-electron chi connectivity index (χ2n) is 10.2. The summed E-state index contributed by atoms with van der Waals surface area (Å²) in [5.41, 5.74) is 5.18. The predicted octanol–water partition coefficient (Wildman–Crippen LogP) is 5.74. The van der Waals surface area contributed by atoms with Crippen molar-refractivity contribution in [2.45, 2.75) is 141 Å². The van der Waals surface area contributed by atoms with E-state index in [4.69, 9.17) is 15.2 Å². The number of esters is 2. The Morgan fingerprint density at radius 3 is 1.75 bits per heavy atom. The largest absolute Gasteiger partial charge is 0.461 e. The minimum absolute atomic E-state index is 0.0354. The lowest BCUT2D eigenvalue weighted by Gasteiger charge is -2.34. The molecule has 1 fully saturated rings. The molecule has 1 saturated heterocycles. The van der Waals surface area contributed by atoms with Gasteiger partial charge in [0.1, 0.15) is 23.7 Å². The molecule has 0 bridgehead atoms. The number of cyclic esters (lactones) is 1. The van der Waals surface area contributed by atoms with E-state index in [0.717, 1.165) is 19.3 Å². The third-order valence-electron chi connectivity index (χ3n) is 7.03. The third-order valence-corrected chi connectivity index (χ3v) is 8.67. The van der Waals surface area contributed by atoms with Crippen LogP contribution in [0.4, 0.5) is 0 Å². The Hall–Kier alpha value is -1.44. The summed E-state index contributed by atoms with van der Waals surface area (Å²) in [6, 6.07) is 0. The number of rotatable bonds is 24. The molecular weight excluding hydrogens is 478 g/mol. The van der Waals surface area contributed by atoms with Gasteiger partial charge in [-0.25, -0.2) is 0 Å². The van der Waals surface area contributed by atoms with Crippen LogP contribution in [-0.4, -0.2) is 45.8 Å². The molecule has 0 saturated carbocycles. The van der Waals surface area contributed by atoms with Crippen LogP contribution in [0.3, 0.4) is 0 Å². The van der Waals surface area contributed by atoms with Crippen LogP contribution >= 0.6 is 0 Å². The van der Waals surface area contributed by atoms with E-state index in [1.165, 1.54) is 83.5 Å². The summed E-state index contributed by atoms with van der Waals surface area (Å²) in [4.78, 5) is 35.2. The van der Waals surface area contributed by atoms with Gasteiger partial charge in [-0.3, -0.25) is 18.6 Å². The van der Waals surface area contributed by atoms with Gasteiger partial charge < -0.3 is 15.2 Å². The van der Waals surface area contributed by atoms with E-state index < -0.39 is 34.0 Å². The molecule has 1 amide bonds. The first-order valence-electron chi connectivity index (χ1n) is 14.4. The van der Waals surface area contributed by atoms with Gasteiger partial charge in [0, 0.05) is 10.8 Å². The SMILES string of the molecule is CCCCCCCCCCCCCCCCCCC(C(=O)OC[C@H]1OC(=O)[C@H]1CC)[S@@](=O)CC(N)=O. The average molecular weight is 530 g/mol. The van der Waals surface area contributed by atoms with Gasteiger partial charge in [-0.05, 0) is 12.8 Å². The van der Waals surface area contributed by atoms with Gasteiger partial charge in [0.25, 0.3) is 0 Å². The fourth-order valence-electron chi connectivity index (χ4n) is 4.71. The summed E-state index contributed by atoms with van der Waals surface area (Å²) in [5, 5.41) is -0.875. The van der Waals surface area contributed by atoms with E-state index in [9.17, 15) is 18.6 Å². The quantitative estimate of drug-likeness (QED) is 0.126. The summed E-state index contributed by atoms with van der Waals surface area (Å²) in [6.45, 7) is 4.10. The van der Waals surface area contributed by atoms with Crippen LogP contribution < -0.4 is 5.73 Å². The lowest BCUT2D eigenvalue weighted by atomic mass is 9.95. The third kappa shape index (κ3) is 14.3. The normalized spacial score (nSPS) is 18.8. The maximum absolute atomic E-state index is 12.6. The Kier molecular flexibility index (Phi) is 18.6. The molecule has 1 aliphatic heterocycles. The summed E-state index contributed by atoms with van der Waals surface area (Å²) in [7, 11) is -1.71. The number of primary amides is 1. The van der Waals surface area contributed by atoms with E-state index in [1.807, 2.05) is 6.92 Å². The highest BCUT2D eigenvalue weighted by molar-refractivity contribution is 7.87. The topological polar surface area (TPSA) is 113 Å². The first-order valence-corrected chi connectivity index (χ1v) is 15.8. The maximum atomic E-state index is 12.6. The first kappa shape index (κ1) is 32.6. The molecule has 1 unspecified atom stereocenters. The minimum Gasteiger partial charge on any atom is -0.461 e. The molecule has 210 valence electrons. The van der Waals surface area contributed by atoms with Crippen molar-refractivity contribution in [3.63, 3.8) is 0 Å². The molecule has 1 rings (SSSR count). The van der Waals surface area contributed by atoms with Crippen molar-refractivity contribution in [2.24, 2.45) is 11.7 Å². The Morgan fingerprint density at radius 1 is 0.861 bits per heavy atom. The van der Waals surface area contributed by atoms with Gasteiger partial charge in [-0.1, -0.05) is 117 Å². The van der Waals surface area contributed by atoms with Crippen molar-refractivity contribution >= 4 is 28.6 Å². The van der Waals surface area contributed by atoms with Crippen molar-refractivity contribution in [3.8, 4) is 0 Å². The zero-order valence-corrected chi connectivity index (χ0v) is 23.6. The lowest BCUT2D eigenvalue weighted by Crippen LogP contribution is -2.48. The Balaban J connectivity index is 2.13. The highest BCUT2D eigenvalue weighted by Gasteiger charge is 2.42. The molecule has 8 heteroatoms. The first-order chi connectivity index (χ1) is 17.4. The van der Waals surface area contributed by atoms with E-state index in [0.29, 0.717) is 12.8 Å². The highest BCUT2D eigenvalue weighted by Crippen LogP contribution is 2.26. The summed E-state index contributed by atoms with van der Waals surface area (Å²) < 4.78 is 22.8. The second kappa shape index (κ2) is 20.6. The summed E-state index contributed by atoms with van der Waals surface area (Å²) in [5.74, 6) is -2.19. The fraction of sp³-hybridized carbons (Fsp3) is 0.893. The number of hydrogen-bond acceptors (Lipinski definition) is 6. The van der Waals surface area contributed by atoms with Crippen molar-refractivity contribution in [1.29, 1.82) is 0 Å². The average Bonchev–Trinajstić information content (AvgIpc) is 2.83. The zero-order valence-electron chi connectivity index (χ0n) is 22.8. The number of ether oxygens (including phenoxy) is 2. The predicted molar refractivity (Wildman–Crippen MR) is 145 cm³/mol. The van der Waals surface area contributed by atoms with Crippen molar-refractivity contribution in [1.82, 2.24) is 0 Å². The number of nitrogens with two attached hydrogens (primary N) is 1. The lowest BCUT2D eigenvalue weighted by molar-refractivity contribution is -0.193. The second-order valence-corrected chi connectivity index (χ2v) is 11.8. The van der Waals surface area contributed by atoms with Crippen LogP contribution in [0, 0.1) is 5.92 Å². The molecule has 1 heterocycles. The molecule has 0 aliphatic carbocycles. The Bertz CT molecular complexity index is 656. The van der Waals surface area contributed by atoms with E-state index in [-0.39, 0.29) is 24.2 Å². The van der Waals surface area contributed by atoms with Gasteiger partial charge in [0.2, 0.25) is 5.91 Å². The molecule has 0 spiro atoms. The molecule has 36 heavy (non-hydrogen) atoms. The van der Waals surface area contributed by atoms with Gasteiger partial charge in [-0.2, -0.15) is 0 Å². The van der Waals surface area contributed by atoms with E-state index >= 15 is 0 Å². The smallest absolute Gasteiger partial charge is 0.321 e. The number of hydrogen-bond donors (Lipinski definition) is 1. The van der Waals surface area contributed by atoms with E-state index in [1.54, 1.807) is 0 Å². The molecule has 0 aromatic heterocycles. The highest BCUT2D eigenvalue weighted by atomic mass is 32.2. The van der Waals surface area contributed by atoms with Gasteiger partial charge in [0.05, 0.1) is 5.92 Å². The number of amides is 1. The molecule has 2 N–H and O–H groups in total. The van der Waals surface area contributed by atoms with Crippen LogP contribution in [0.1, 0.15) is 129 Å². The van der Waals surface area contributed by atoms with Crippen LogP contribution in [0.5, 0.6) is 0 Å². The molecule has 1 aliphatic rings. The van der Waals surface area contributed by atoms with Crippen LogP contribution in [0.25, 0.3) is 0 Å². The van der Waals surface area contributed by atoms with E-state index in [2.05, 4.69) is 6.92 Å². The molecule has 0 aromatic carbocycles. The molecule has 0 aromatic rings. The zero-order chi connectivity index (χ0) is 26.6. The van der Waals surface area contributed by atoms with Gasteiger partial charge in [-0.15, -0.1) is 0 Å². The number of unbranched alkanes of at least 4 members (excludes halogenated alkanes) is 15. The van der Waals surface area contributed by atoms with Crippen LogP contribution in [0.2, 0.25) is 0 Å². The number of carbonyl (C=O) groups is 3. The molecule has 0 radical (unpaired) electrons. The Labute approximate surface area is 221 Å². The number of carbonyl (C=O) groups excluding carboxylic acids is 3. The monoisotopic (exact) mass is 529 g/mol. The molecule has 4 atom stereocenters. The fourth-order valence-corrected chi connectivity index (χ4v) is 5.90. The van der Waals surface area contributed by atoms with Gasteiger partial charge in [0.15, 0.2) is 0 Å².